The molecular formula is C10H15NS. The van der Waals surface area contributed by atoms with Crippen molar-refractivity contribution in [2.45, 2.75) is 31.7 Å². The summed E-state index contributed by atoms with van der Waals surface area (Å²) < 4.78 is 0. The average Bonchev–Trinajstić information content (AvgIpc) is 2.51. The Balaban J connectivity index is 2.25. The van der Waals surface area contributed by atoms with Gasteiger partial charge in [-0.2, -0.15) is 0 Å². The van der Waals surface area contributed by atoms with E-state index in [1.807, 2.05) is 11.3 Å². The lowest BCUT2D eigenvalue weighted by Crippen LogP contribution is -2.44. The van der Waals surface area contributed by atoms with E-state index in [0.29, 0.717) is 5.54 Å². The van der Waals surface area contributed by atoms with Crippen molar-refractivity contribution in [2.75, 3.05) is 7.05 Å². The molecule has 1 aliphatic carbocycles. The zero-order valence-electron chi connectivity index (χ0n) is 7.68. The van der Waals surface area contributed by atoms with E-state index in [1.54, 1.807) is 10.4 Å². The van der Waals surface area contributed by atoms with Crippen LogP contribution in [0.25, 0.3) is 0 Å². The van der Waals surface area contributed by atoms with Crippen LogP contribution in [0.3, 0.4) is 0 Å². The third-order valence-corrected chi connectivity index (χ3v) is 3.95. The second kappa shape index (κ2) is 2.86. The summed E-state index contributed by atoms with van der Waals surface area (Å²) in [5, 5.41) is 5.63. The van der Waals surface area contributed by atoms with E-state index in [-0.39, 0.29) is 0 Å². The molecule has 1 aliphatic rings. The highest BCUT2D eigenvalue weighted by molar-refractivity contribution is 7.10. The molecule has 1 heterocycles. The minimum atomic E-state index is 0.341. The Hall–Kier alpha value is -0.340. The van der Waals surface area contributed by atoms with Gasteiger partial charge < -0.3 is 5.32 Å². The molecule has 2 heteroatoms. The first-order valence-corrected chi connectivity index (χ1v) is 5.36. The highest BCUT2D eigenvalue weighted by atomic mass is 32.1. The third kappa shape index (κ3) is 1.29. The number of nitrogens with one attached hydrogen (secondary N) is 1. The Morgan fingerprint density at radius 3 is 3.17 bits per heavy atom. The Morgan fingerprint density at radius 1 is 1.58 bits per heavy atom. The molecule has 1 N–H and O–H groups in total. The number of hydrogen-bond acceptors (Lipinski definition) is 2. The number of fused-ring (bicyclic) bond motifs is 1. The van der Waals surface area contributed by atoms with Crippen LogP contribution < -0.4 is 5.32 Å². The van der Waals surface area contributed by atoms with Crippen molar-refractivity contribution in [1.82, 2.24) is 5.32 Å². The van der Waals surface area contributed by atoms with E-state index in [4.69, 9.17) is 0 Å². The molecule has 0 radical (unpaired) electrons. The van der Waals surface area contributed by atoms with E-state index in [9.17, 15) is 0 Å². The smallest absolute Gasteiger partial charge is 0.0194 e. The minimum absolute atomic E-state index is 0.341. The highest BCUT2D eigenvalue weighted by Crippen LogP contribution is 2.31. The topological polar surface area (TPSA) is 12.0 Å². The molecule has 1 nitrogen and oxygen atoms in total. The fraction of sp³-hybridized carbons (Fsp3) is 0.600. The molecule has 66 valence electrons. The summed E-state index contributed by atoms with van der Waals surface area (Å²) in [6.45, 7) is 2.31. The van der Waals surface area contributed by atoms with Crippen molar-refractivity contribution in [3.8, 4) is 0 Å². The molecule has 12 heavy (non-hydrogen) atoms. The number of hydrogen-bond donors (Lipinski definition) is 1. The number of rotatable bonds is 1. The molecule has 0 aromatic carbocycles. The van der Waals surface area contributed by atoms with E-state index in [0.717, 1.165) is 0 Å². The molecule has 0 saturated carbocycles. The molecule has 0 amide bonds. The zero-order chi connectivity index (χ0) is 8.60. The maximum atomic E-state index is 3.42. The Bertz CT molecular complexity index is 279. The summed E-state index contributed by atoms with van der Waals surface area (Å²) >= 11 is 1.91. The summed E-state index contributed by atoms with van der Waals surface area (Å²) in [6, 6.07) is 2.27. The molecule has 0 spiro atoms. The van der Waals surface area contributed by atoms with Crippen LogP contribution in [0.1, 0.15) is 23.8 Å². The van der Waals surface area contributed by atoms with Gasteiger partial charge in [0, 0.05) is 10.4 Å². The summed E-state index contributed by atoms with van der Waals surface area (Å²) in [5.74, 6) is 0. The van der Waals surface area contributed by atoms with Gasteiger partial charge in [-0.15, -0.1) is 11.3 Å². The quantitative estimate of drug-likeness (QED) is 0.700. The summed E-state index contributed by atoms with van der Waals surface area (Å²) in [7, 11) is 2.07. The van der Waals surface area contributed by atoms with Crippen molar-refractivity contribution < 1.29 is 0 Å². The van der Waals surface area contributed by atoms with E-state index in [1.165, 1.54) is 19.3 Å². The molecule has 0 bridgehead atoms. The second-order valence-corrected chi connectivity index (χ2v) is 4.86. The summed E-state index contributed by atoms with van der Waals surface area (Å²) in [6.07, 6.45) is 3.73. The minimum Gasteiger partial charge on any atom is -0.314 e. The monoisotopic (exact) mass is 181 g/mol. The lowest BCUT2D eigenvalue weighted by atomic mass is 9.83. The normalized spacial score (nSPS) is 28.5. The first kappa shape index (κ1) is 8.27. The summed E-state index contributed by atoms with van der Waals surface area (Å²) in [5.41, 5.74) is 1.90. The van der Waals surface area contributed by atoms with Crippen LogP contribution >= 0.6 is 11.3 Å². The summed E-state index contributed by atoms with van der Waals surface area (Å²) in [4.78, 5) is 1.60. The Labute approximate surface area is 77.8 Å². The van der Waals surface area contributed by atoms with Crippen LogP contribution in [0.5, 0.6) is 0 Å². The molecule has 0 aliphatic heterocycles. The van der Waals surface area contributed by atoms with Crippen molar-refractivity contribution in [3.05, 3.63) is 21.9 Å². The van der Waals surface area contributed by atoms with E-state index in [2.05, 4.69) is 30.7 Å². The SMILES string of the molecule is CNC1(C)CCc2sccc2C1. The maximum Gasteiger partial charge on any atom is 0.0194 e. The second-order valence-electron chi connectivity index (χ2n) is 3.86. The first-order valence-electron chi connectivity index (χ1n) is 4.48. The maximum absolute atomic E-state index is 3.42. The van der Waals surface area contributed by atoms with Crippen molar-refractivity contribution in [2.24, 2.45) is 0 Å². The predicted molar refractivity (Wildman–Crippen MR) is 53.8 cm³/mol. The Morgan fingerprint density at radius 2 is 2.42 bits per heavy atom. The molecule has 0 saturated heterocycles. The van der Waals surface area contributed by atoms with Gasteiger partial charge in [0.1, 0.15) is 0 Å². The lowest BCUT2D eigenvalue weighted by molar-refractivity contribution is 0.341. The zero-order valence-corrected chi connectivity index (χ0v) is 8.50. The van der Waals surface area contributed by atoms with Gasteiger partial charge in [0.2, 0.25) is 0 Å². The predicted octanol–water partition coefficient (Wildman–Crippen LogP) is 2.21. The van der Waals surface area contributed by atoms with Gasteiger partial charge in [-0.05, 0) is 50.2 Å². The van der Waals surface area contributed by atoms with E-state index >= 15 is 0 Å². The standard InChI is InChI=1S/C10H15NS/c1-10(11-2)5-3-9-8(7-10)4-6-12-9/h4,6,11H,3,5,7H2,1-2H3. The number of likely N-dealkylation sites (N-methyl/N-ethyl adjacent to an activating group) is 1. The van der Waals surface area contributed by atoms with Gasteiger partial charge in [0.25, 0.3) is 0 Å². The van der Waals surface area contributed by atoms with Gasteiger partial charge in [-0.1, -0.05) is 0 Å². The van der Waals surface area contributed by atoms with Gasteiger partial charge in [-0.25, -0.2) is 0 Å². The van der Waals surface area contributed by atoms with Gasteiger partial charge in [0.05, 0.1) is 0 Å². The third-order valence-electron chi connectivity index (χ3n) is 2.93. The van der Waals surface area contributed by atoms with Crippen LogP contribution in [0.4, 0.5) is 0 Å². The van der Waals surface area contributed by atoms with Crippen molar-refractivity contribution in [1.29, 1.82) is 0 Å². The largest absolute Gasteiger partial charge is 0.314 e. The van der Waals surface area contributed by atoms with Gasteiger partial charge >= 0.3 is 0 Å². The molecule has 1 aromatic heterocycles. The van der Waals surface area contributed by atoms with Gasteiger partial charge in [-0.3, -0.25) is 0 Å². The van der Waals surface area contributed by atoms with Crippen molar-refractivity contribution in [3.63, 3.8) is 0 Å². The van der Waals surface area contributed by atoms with Crippen LogP contribution in [0.2, 0.25) is 0 Å². The highest BCUT2D eigenvalue weighted by Gasteiger charge is 2.28. The average molecular weight is 181 g/mol. The molecular weight excluding hydrogens is 166 g/mol. The Kier molecular flexibility index (Phi) is 1.97. The molecule has 1 unspecified atom stereocenters. The lowest BCUT2D eigenvalue weighted by Gasteiger charge is -2.33. The van der Waals surface area contributed by atoms with Gasteiger partial charge in [0.15, 0.2) is 0 Å². The van der Waals surface area contributed by atoms with Crippen LogP contribution in [-0.2, 0) is 12.8 Å². The van der Waals surface area contributed by atoms with Crippen molar-refractivity contribution >= 4 is 11.3 Å². The first-order chi connectivity index (χ1) is 5.73. The fourth-order valence-corrected chi connectivity index (χ4v) is 2.76. The molecule has 2 rings (SSSR count). The molecule has 1 aromatic rings. The van der Waals surface area contributed by atoms with E-state index < -0.39 is 0 Å². The van der Waals surface area contributed by atoms with Crippen LogP contribution in [-0.4, -0.2) is 12.6 Å². The van der Waals surface area contributed by atoms with Crippen LogP contribution in [0.15, 0.2) is 11.4 Å². The fourth-order valence-electron chi connectivity index (χ4n) is 1.86. The molecule has 1 atom stereocenters. The van der Waals surface area contributed by atoms with Crippen LogP contribution in [0, 0.1) is 0 Å². The number of thiophene rings is 1. The molecule has 0 fully saturated rings. The number of aryl methyl sites for hydroxylation is 1.